The molecule has 0 bridgehead atoms. The van der Waals surface area contributed by atoms with Crippen LogP contribution in [0.3, 0.4) is 0 Å². The highest BCUT2D eigenvalue weighted by Crippen LogP contribution is 2.52. The highest BCUT2D eigenvalue weighted by atomic mass is 32.2. The van der Waals surface area contributed by atoms with Crippen molar-refractivity contribution in [3.8, 4) is 0 Å². The molecule has 1 aliphatic rings. The van der Waals surface area contributed by atoms with Gasteiger partial charge in [0.1, 0.15) is 16.3 Å². The molecule has 1 aliphatic carbocycles. The molecule has 2 aromatic rings. The van der Waals surface area contributed by atoms with E-state index in [1.807, 2.05) is 0 Å². The summed E-state index contributed by atoms with van der Waals surface area (Å²) in [6.07, 6.45) is -4.55. The van der Waals surface area contributed by atoms with Gasteiger partial charge in [0.05, 0.1) is 4.88 Å². The first-order chi connectivity index (χ1) is 13.4. The zero-order valence-electron chi connectivity index (χ0n) is 14.6. The molecular formula is C17H15F3N2O5S2. The van der Waals surface area contributed by atoms with E-state index in [1.54, 1.807) is 35.6 Å². The Morgan fingerprint density at radius 3 is 2.41 bits per heavy atom. The van der Waals surface area contributed by atoms with E-state index < -0.39 is 46.1 Å². The average molecular weight is 448 g/mol. The van der Waals surface area contributed by atoms with E-state index in [0.29, 0.717) is 16.9 Å². The summed E-state index contributed by atoms with van der Waals surface area (Å²) in [7, 11) is -4.31. The van der Waals surface area contributed by atoms with E-state index in [1.165, 1.54) is 0 Å². The number of amides is 1. The van der Waals surface area contributed by atoms with E-state index in [2.05, 4.69) is 4.72 Å². The lowest BCUT2D eigenvalue weighted by molar-refractivity contribution is -0.140. The van der Waals surface area contributed by atoms with E-state index in [0.717, 1.165) is 12.1 Å². The van der Waals surface area contributed by atoms with Crippen LogP contribution in [0.2, 0.25) is 0 Å². The number of hydrogen-bond donors (Lipinski definition) is 3. The van der Waals surface area contributed by atoms with Crippen molar-refractivity contribution in [3.63, 3.8) is 0 Å². The van der Waals surface area contributed by atoms with Crippen LogP contribution >= 0.6 is 11.3 Å². The number of benzene rings is 1. The minimum Gasteiger partial charge on any atom is -0.480 e. The number of rotatable bonds is 7. The van der Waals surface area contributed by atoms with Gasteiger partial charge >= 0.3 is 12.1 Å². The van der Waals surface area contributed by atoms with Gasteiger partial charge < -0.3 is 10.4 Å². The quantitative estimate of drug-likeness (QED) is 0.602. The Morgan fingerprint density at radius 1 is 1.17 bits per heavy atom. The van der Waals surface area contributed by atoms with E-state index in [9.17, 15) is 36.3 Å². The number of halogens is 3. The monoisotopic (exact) mass is 448 g/mol. The van der Waals surface area contributed by atoms with Crippen molar-refractivity contribution >= 4 is 33.2 Å². The summed E-state index contributed by atoms with van der Waals surface area (Å²) in [5.74, 6) is -2.98. The van der Waals surface area contributed by atoms with Crippen LogP contribution < -0.4 is 10.0 Å². The van der Waals surface area contributed by atoms with Crippen LogP contribution in [0.25, 0.3) is 0 Å². The first-order valence-electron chi connectivity index (χ1n) is 8.22. The Balaban J connectivity index is 1.77. The van der Waals surface area contributed by atoms with Crippen molar-refractivity contribution < 1.29 is 36.3 Å². The second-order valence-corrected chi connectivity index (χ2v) is 9.46. The maximum Gasteiger partial charge on any atom is 0.405 e. The molecule has 3 rings (SSSR count). The summed E-state index contributed by atoms with van der Waals surface area (Å²) in [5, 5.41) is 11.2. The van der Waals surface area contributed by atoms with Gasteiger partial charge in [-0.1, -0.05) is 30.3 Å². The Labute approximate surface area is 167 Å². The van der Waals surface area contributed by atoms with Crippen LogP contribution in [-0.2, 0) is 14.8 Å². The van der Waals surface area contributed by atoms with Gasteiger partial charge in [0.2, 0.25) is 0 Å². The van der Waals surface area contributed by atoms with Gasteiger partial charge in [0.25, 0.3) is 15.9 Å². The minimum absolute atomic E-state index is 0.0515. The molecule has 1 aromatic heterocycles. The van der Waals surface area contributed by atoms with Gasteiger partial charge in [-0.05, 0) is 24.1 Å². The Morgan fingerprint density at radius 2 is 1.83 bits per heavy atom. The van der Waals surface area contributed by atoms with Crippen LogP contribution in [0.15, 0.2) is 46.7 Å². The minimum atomic E-state index is -4.60. The van der Waals surface area contributed by atoms with Crippen LogP contribution in [0.5, 0.6) is 0 Å². The fourth-order valence-corrected chi connectivity index (χ4v) is 5.52. The van der Waals surface area contributed by atoms with Crippen LogP contribution in [0, 0.1) is 0 Å². The summed E-state index contributed by atoms with van der Waals surface area (Å²) in [4.78, 5) is 23.3. The molecule has 2 unspecified atom stereocenters. The molecule has 1 aromatic carbocycles. The third-order valence-corrected chi connectivity index (χ3v) is 7.47. The summed E-state index contributed by atoms with van der Waals surface area (Å²) >= 11 is 0.453. The number of carboxylic acid groups (broad SMARTS) is 1. The van der Waals surface area contributed by atoms with Crippen molar-refractivity contribution in [3.05, 3.63) is 52.9 Å². The first kappa shape index (κ1) is 21.3. The Bertz CT molecular complexity index is 1040. The van der Waals surface area contributed by atoms with Crippen LogP contribution in [-0.4, -0.2) is 43.7 Å². The van der Waals surface area contributed by atoms with Crippen molar-refractivity contribution in [1.29, 1.82) is 0 Å². The SMILES string of the molecule is O=C(NCC(F)(F)F)c1ccc(S(=O)(=O)NC2(C(=O)O)CC2c2ccccc2)s1. The van der Waals surface area contributed by atoms with Gasteiger partial charge in [-0.3, -0.25) is 9.59 Å². The number of carbonyl (C=O) groups is 2. The molecule has 29 heavy (non-hydrogen) atoms. The molecule has 1 amide bonds. The molecule has 2 atom stereocenters. The highest BCUT2D eigenvalue weighted by Gasteiger charge is 2.63. The standard InChI is InChI=1S/C17H15F3N2O5S2/c18-17(19,20)9-21-14(23)12-6-7-13(28-12)29(26,27)22-16(15(24)25)8-11(16)10-4-2-1-3-5-10/h1-7,11,22H,8-9H2,(H,21,23)(H,24,25). The van der Waals surface area contributed by atoms with Gasteiger partial charge in [-0.2, -0.15) is 17.9 Å². The lowest BCUT2D eigenvalue weighted by Gasteiger charge is -2.14. The van der Waals surface area contributed by atoms with Gasteiger partial charge in [0.15, 0.2) is 0 Å². The van der Waals surface area contributed by atoms with Crippen molar-refractivity contribution in [1.82, 2.24) is 10.0 Å². The number of aliphatic carboxylic acids is 1. The second kappa shape index (κ2) is 7.43. The summed E-state index contributed by atoms with van der Waals surface area (Å²) in [6, 6.07) is 10.7. The predicted molar refractivity (Wildman–Crippen MR) is 97.2 cm³/mol. The third-order valence-electron chi connectivity index (χ3n) is 4.38. The second-order valence-electron chi connectivity index (χ2n) is 6.47. The molecule has 0 spiro atoms. The number of sulfonamides is 1. The number of thiophene rings is 1. The van der Waals surface area contributed by atoms with Gasteiger partial charge in [-0.25, -0.2) is 8.42 Å². The zero-order valence-corrected chi connectivity index (χ0v) is 16.2. The summed E-state index contributed by atoms with van der Waals surface area (Å²) in [6.45, 7) is -1.55. The lowest BCUT2D eigenvalue weighted by atomic mass is 10.1. The maximum absolute atomic E-state index is 12.6. The zero-order chi connectivity index (χ0) is 21.4. The summed E-state index contributed by atoms with van der Waals surface area (Å²) < 4.78 is 63.7. The smallest absolute Gasteiger partial charge is 0.405 e. The molecule has 1 heterocycles. The number of carboxylic acids is 1. The highest BCUT2D eigenvalue weighted by molar-refractivity contribution is 7.91. The molecule has 0 saturated heterocycles. The molecular weight excluding hydrogens is 433 g/mol. The molecule has 12 heteroatoms. The fourth-order valence-electron chi connectivity index (χ4n) is 2.89. The Kier molecular flexibility index (Phi) is 5.45. The topological polar surface area (TPSA) is 113 Å². The first-order valence-corrected chi connectivity index (χ1v) is 10.5. The van der Waals surface area contributed by atoms with E-state index in [-0.39, 0.29) is 15.5 Å². The third kappa shape index (κ3) is 4.60. The van der Waals surface area contributed by atoms with Crippen LogP contribution in [0.4, 0.5) is 13.2 Å². The summed E-state index contributed by atoms with van der Waals surface area (Å²) in [5.41, 5.74) is -1.06. The molecule has 1 saturated carbocycles. The lowest BCUT2D eigenvalue weighted by Crippen LogP contribution is -2.44. The van der Waals surface area contributed by atoms with Crippen LogP contribution in [0.1, 0.15) is 27.6 Å². The number of carbonyl (C=O) groups excluding carboxylic acids is 1. The van der Waals surface area contributed by atoms with Crippen molar-refractivity contribution in [2.45, 2.75) is 28.3 Å². The van der Waals surface area contributed by atoms with Crippen molar-refractivity contribution in [2.75, 3.05) is 6.54 Å². The van der Waals surface area contributed by atoms with Crippen molar-refractivity contribution in [2.24, 2.45) is 0 Å². The van der Waals surface area contributed by atoms with Gasteiger partial charge in [0, 0.05) is 5.92 Å². The van der Waals surface area contributed by atoms with E-state index >= 15 is 0 Å². The molecule has 7 nitrogen and oxygen atoms in total. The number of alkyl halides is 3. The number of nitrogens with one attached hydrogen (secondary N) is 2. The van der Waals surface area contributed by atoms with E-state index in [4.69, 9.17) is 0 Å². The fraction of sp³-hybridized carbons (Fsp3) is 0.294. The molecule has 0 radical (unpaired) electrons. The molecule has 0 aliphatic heterocycles. The Hall–Kier alpha value is -2.44. The molecule has 1 fully saturated rings. The average Bonchev–Trinajstić information content (AvgIpc) is 3.13. The normalized spacial score (nSPS) is 21.6. The van der Waals surface area contributed by atoms with Gasteiger partial charge in [-0.15, -0.1) is 11.3 Å². The number of hydrogen-bond acceptors (Lipinski definition) is 5. The molecule has 156 valence electrons. The molecule has 3 N–H and O–H groups in total. The predicted octanol–water partition coefficient (Wildman–Crippen LogP) is 2.33. The maximum atomic E-state index is 12.6. The largest absolute Gasteiger partial charge is 0.480 e.